The minimum atomic E-state index is -0.106. The summed E-state index contributed by atoms with van der Waals surface area (Å²) in [6.45, 7) is 4.28. The molecular formula is C22H25N3O3. The maximum Gasteiger partial charge on any atom is 0.289 e. The molecule has 1 aliphatic rings. The van der Waals surface area contributed by atoms with Crippen LogP contribution in [0.2, 0.25) is 0 Å². The zero-order valence-electron chi connectivity index (χ0n) is 16.1. The van der Waals surface area contributed by atoms with Gasteiger partial charge in [-0.15, -0.1) is 0 Å². The summed E-state index contributed by atoms with van der Waals surface area (Å²) in [5.41, 5.74) is 2.01. The van der Waals surface area contributed by atoms with Gasteiger partial charge in [0.15, 0.2) is 5.76 Å². The van der Waals surface area contributed by atoms with Crippen LogP contribution in [0.25, 0.3) is 10.9 Å². The van der Waals surface area contributed by atoms with E-state index in [1.807, 2.05) is 12.1 Å². The van der Waals surface area contributed by atoms with Gasteiger partial charge < -0.3 is 19.2 Å². The Bertz CT molecular complexity index is 966. The Balaban J connectivity index is 1.35. The number of amides is 2. The summed E-state index contributed by atoms with van der Waals surface area (Å²) in [6.07, 6.45) is 6.00. The third kappa shape index (κ3) is 3.67. The van der Waals surface area contributed by atoms with Gasteiger partial charge in [-0.2, -0.15) is 0 Å². The maximum absolute atomic E-state index is 12.7. The summed E-state index contributed by atoms with van der Waals surface area (Å²) >= 11 is 0. The summed E-state index contributed by atoms with van der Waals surface area (Å²) in [6, 6.07) is 11.5. The van der Waals surface area contributed by atoms with Crippen LogP contribution in [-0.2, 0) is 11.3 Å². The van der Waals surface area contributed by atoms with Crippen LogP contribution in [-0.4, -0.2) is 34.4 Å². The fraction of sp³-hybridized carbons (Fsp3) is 0.364. The molecule has 1 aliphatic heterocycles. The average molecular weight is 379 g/mol. The molecule has 4 rings (SSSR count). The molecule has 0 atom stereocenters. The number of hydrogen-bond acceptors (Lipinski definition) is 3. The van der Waals surface area contributed by atoms with Crippen LogP contribution < -0.4 is 5.32 Å². The van der Waals surface area contributed by atoms with Crippen LogP contribution in [0.5, 0.6) is 0 Å². The number of likely N-dealkylation sites (tertiary alicyclic amines) is 1. The molecule has 2 amide bonds. The van der Waals surface area contributed by atoms with E-state index in [-0.39, 0.29) is 17.7 Å². The molecule has 6 nitrogen and oxygen atoms in total. The quantitative estimate of drug-likeness (QED) is 0.725. The number of fused-ring (bicyclic) bond motifs is 1. The van der Waals surface area contributed by atoms with Gasteiger partial charge in [0.1, 0.15) is 0 Å². The van der Waals surface area contributed by atoms with Crippen LogP contribution in [0, 0.1) is 5.92 Å². The molecule has 0 bridgehead atoms. The Morgan fingerprint density at radius 2 is 2.00 bits per heavy atom. The molecule has 3 aromatic rings. The number of piperidine rings is 1. The van der Waals surface area contributed by atoms with Crippen molar-refractivity contribution in [1.29, 1.82) is 0 Å². The molecule has 1 fully saturated rings. The number of aryl methyl sites for hydroxylation is 1. The molecule has 0 radical (unpaired) electrons. The lowest BCUT2D eigenvalue weighted by Gasteiger charge is -2.30. The lowest BCUT2D eigenvalue weighted by atomic mass is 9.95. The van der Waals surface area contributed by atoms with Crippen molar-refractivity contribution >= 4 is 28.4 Å². The fourth-order valence-electron chi connectivity index (χ4n) is 3.86. The molecule has 0 unspecified atom stereocenters. The van der Waals surface area contributed by atoms with E-state index in [1.165, 1.54) is 11.8 Å². The zero-order chi connectivity index (χ0) is 19.5. The Hall–Kier alpha value is -3.02. The summed E-state index contributed by atoms with van der Waals surface area (Å²) in [4.78, 5) is 26.8. The molecule has 3 heterocycles. The third-order valence-electron chi connectivity index (χ3n) is 5.39. The van der Waals surface area contributed by atoms with Crippen LogP contribution >= 0.6 is 0 Å². The van der Waals surface area contributed by atoms with Crippen molar-refractivity contribution in [2.75, 3.05) is 18.4 Å². The second-order valence-corrected chi connectivity index (χ2v) is 7.32. The molecule has 146 valence electrons. The summed E-state index contributed by atoms with van der Waals surface area (Å²) in [7, 11) is 0. The maximum atomic E-state index is 12.7. The lowest BCUT2D eigenvalue weighted by molar-refractivity contribution is -0.121. The van der Waals surface area contributed by atoms with E-state index in [9.17, 15) is 9.59 Å². The second-order valence-electron chi connectivity index (χ2n) is 7.32. The van der Waals surface area contributed by atoms with Gasteiger partial charge >= 0.3 is 0 Å². The highest BCUT2D eigenvalue weighted by Crippen LogP contribution is 2.24. The molecule has 1 saturated heterocycles. The number of rotatable bonds is 5. The predicted molar refractivity (Wildman–Crippen MR) is 108 cm³/mol. The number of carbonyl (C=O) groups excluding carboxylic acids is 2. The Morgan fingerprint density at radius 1 is 1.18 bits per heavy atom. The molecule has 1 aromatic carbocycles. The summed E-state index contributed by atoms with van der Waals surface area (Å²) in [5.74, 6) is 0.190. The van der Waals surface area contributed by atoms with Crippen LogP contribution in [0.3, 0.4) is 0 Å². The van der Waals surface area contributed by atoms with Gasteiger partial charge in [-0.3, -0.25) is 9.59 Å². The van der Waals surface area contributed by atoms with Gasteiger partial charge in [-0.1, -0.05) is 6.92 Å². The molecule has 6 heteroatoms. The Kier molecular flexibility index (Phi) is 5.19. The van der Waals surface area contributed by atoms with E-state index in [0.717, 1.165) is 24.0 Å². The van der Waals surface area contributed by atoms with Gasteiger partial charge in [0.05, 0.1) is 6.26 Å². The predicted octanol–water partition coefficient (Wildman–Crippen LogP) is 4.14. The van der Waals surface area contributed by atoms with E-state index >= 15 is 0 Å². The summed E-state index contributed by atoms with van der Waals surface area (Å²) < 4.78 is 7.41. The molecular weight excluding hydrogens is 354 g/mol. The average Bonchev–Trinajstić information content (AvgIpc) is 3.38. The molecule has 2 aromatic heterocycles. The number of aromatic nitrogens is 1. The molecule has 0 saturated carbocycles. The minimum absolute atomic E-state index is 0.0254. The Morgan fingerprint density at radius 3 is 2.71 bits per heavy atom. The SMILES string of the molecule is CCCn1ccc2cc(NC(=O)C3CCN(C(=O)c4ccco4)CC3)ccc21. The van der Waals surface area contributed by atoms with Gasteiger partial charge in [0, 0.05) is 48.3 Å². The molecule has 28 heavy (non-hydrogen) atoms. The fourth-order valence-corrected chi connectivity index (χ4v) is 3.86. The van der Waals surface area contributed by atoms with Crippen LogP contribution in [0.15, 0.2) is 53.3 Å². The first kappa shape index (κ1) is 18.3. The topological polar surface area (TPSA) is 67.5 Å². The van der Waals surface area contributed by atoms with Crippen molar-refractivity contribution < 1.29 is 14.0 Å². The van der Waals surface area contributed by atoms with Gasteiger partial charge in [-0.25, -0.2) is 0 Å². The zero-order valence-corrected chi connectivity index (χ0v) is 16.1. The molecule has 1 N–H and O–H groups in total. The van der Waals surface area contributed by atoms with E-state index < -0.39 is 0 Å². The standard InChI is InChI=1S/C22H25N3O3/c1-2-10-24-11-9-17-15-18(5-6-19(17)24)23-21(26)16-7-12-25(13-8-16)22(27)20-4-3-14-28-20/h3-6,9,11,14-16H,2,7-8,10,12-13H2,1H3,(H,23,26). The van der Waals surface area contributed by atoms with Crippen LogP contribution in [0.4, 0.5) is 5.69 Å². The third-order valence-corrected chi connectivity index (χ3v) is 5.39. The summed E-state index contributed by atoms with van der Waals surface area (Å²) in [5, 5.41) is 4.18. The smallest absolute Gasteiger partial charge is 0.289 e. The van der Waals surface area contributed by atoms with Gasteiger partial charge in [0.25, 0.3) is 5.91 Å². The number of nitrogens with zero attached hydrogens (tertiary/aromatic N) is 2. The van der Waals surface area contributed by atoms with Crippen molar-refractivity contribution in [3.63, 3.8) is 0 Å². The monoisotopic (exact) mass is 379 g/mol. The largest absolute Gasteiger partial charge is 0.459 e. The molecule has 0 aliphatic carbocycles. The lowest BCUT2D eigenvalue weighted by Crippen LogP contribution is -2.41. The van der Waals surface area contributed by atoms with Crippen molar-refractivity contribution in [1.82, 2.24) is 9.47 Å². The van der Waals surface area contributed by atoms with Crippen molar-refractivity contribution in [3.05, 3.63) is 54.6 Å². The normalized spacial score (nSPS) is 15.1. The Labute approximate surface area is 164 Å². The number of hydrogen-bond donors (Lipinski definition) is 1. The highest BCUT2D eigenvalue weighted by atomic mass is 16.3. The number of benzene rings is 1. The first-order valence-corrected chi connectivity index (χ1v) is 9.88. The highest BCUT2D eigenvalue weighted by molar-refractivity contribution is 5.96. The van der Waals surface area contributed by atoms with Gasteiger partial charge in [-0.05, 0) is 55.7 Å². The minimum Gasteiger partial charge on any atom is -0.459 e. The van der Waals surface area contributed by atoms with E-state index in [1.54, 1.807) is 17.0 Å². The number of nitrogens with one attached hydrogen (secondary N) is 1. The van der Waals surface area contributed by atoms with Crippen LogP contribution in [0.1, 0.15) is 36.7 Å². The van der Waals surface area contributed by atoms with E-state index in [2.05, 4.69) is 35.1 Å². The molecule has 0 spiro atoms. The van der Waals surface area contributed by atoms with Gasteiger partial charge in [0.2, 0.25) is 5.91 Å². The number of carbonyl (C=O) groups is 2. The first-order chi connectivity index (χ1) is 13.7. The van der Waals surface area contributed by atoms with Crippen molar-refractivity contribution in [2.24, 2.45) is 5.92 Å². The van der Waals surface area contributed by atoms with Crippen molar-refractivity contribution in [2.45, 2.75) is 32.7 Å². The van der Waals surface area contributed by atoms with E-state index in [4.69, 9.17) is 4.42 Å². The first-order valence-electron chi connectivity index (χ1n) is 9.88. The number of anilines is 1. The number of furan rings is 1. The second kappa shape index (κ2) is 7.92. The van der Waals surface area contributed by atoms with Crippen molar-refractivity contribution in [3.8, 4) is 0 Å². The highest BCUT2D eigenvalue weighted by Gasteiger charge is 2.28. The van der Waals surface area contributed by atoms with E-state index in [0.29, 0.717) is 31.7 Å².